The van der Waals surface area contributed by atoms with Crippen LogP contribution in [0.25, 0.3) is 10.9 Å². The molecular weight excluding hydrogens is 346 g/mol. The highest BCUT2D eigenvalue weighted by atomic mass is 32.2. The Kier molecular flexibility index (Phi) is 4.94. The summed E-state index contributed by atoms with van der Waals surface area (Å²) < 4.78 is 0. The number of hydrogen-bond donors (Lipinski definition) is 3. The lowest BCUT2D eigenvalue weighted by Crippen LogP contribution is -2.11. The summed E-state index contributed by atoms with van der Waals surface area (Å²) in [4.78, 5) is 19.0. The monoisotopic (exact) mass is 371 g/mol. The van der Waals surface area contributed by atoms with Crippen LogP contribution in [0.4, 0.5) is 5.69 Å². The first kappa shape index (κ1) is 17.5. The molecular formula is C20H25N3O2S. The second kappa shape index (κ2) is 7.35. The number of fused-ring (bicyclic) bond motifs is 1. The number of hydrogen-bond acceptors (Lipinski definition) is 4. The van der Waals surface area contributed by atoms with Crippen molar-refractivity contribution in [3.05, 3.63) is 29.5 Å². The molecule has 0 saturated heterocycles. The van der Waals surface area contributed by atoms with Crippen LogP contribution in [0.15, 0.2) is 23.2 Å². The average molecular weight is 372 g/mol. The zero-order chi connectivity index (χ0) is 18.1. The third-order valence-electron chi connectivity index (χ3n) is 5.28. The van der Waals surface area contributed by atoms with E-state index in [1.54, 1.807) is 11.8 Å². The number of carboxylic acids is 1. The van der Waals surface area contributed by atoms with Gasteiger partial charge in [0.15, 0.2) is 0 Å². The predicted molar refractivity (Wildman–Crippen MR) is 109 cm³/mol. The van der Waals surface area contributed by atoms with Crippen LogP contribution in [0.3, 0.4) is 0 Å². The van der Waals surface area contributed by atoms with Crippen LogP contribution in [-0.2, 0) is 4.79 Å². The van der Waals surface area contributed by atoms with Gasteiger partial charge in [0.25, 0.3) is 0 Å². The number of aliphatic imine (C=N–C) groups is 1. The number of aryl methyl sites for hydroxylation is 1. The van der Waals surface area contributed by atoms with Crippen molar-refractivity contribution in [2.45, 2.75) is 45.1 Å². The highest BCUT2D eigenvalue weighted by Gasteiger charge is 2.23. The van der Waals surface area contributed by atoms with Crippen LogP contribution in [0.1, 0.15) is 43.4 Å². The molecule has 0 bridgehead atoms. The molecule has 1 aromatic heterocycles. The molecule has 1 aliphatic heterocycles. The van der Waals surface area contributed by atoms with Crippen LogP contribution >= 0.6 is 11.8 Å². The van der Waals surface area contributed by atoms with Crippen LogP contribution in [0, 0.1) is 12.8 Å². The molecule has 5 nitrogen and oxygen atoms in total. The van der Waals surface area contributed by atoms with Gasteiger partial charge < -0.3 is 15.4 Å². The van der Waals surface area contributed by atoms with Crippen molar-refractivity contribution >= 4 is 39.4 Å². The molecule has 1 aromatic carbocycles. The molecule has 1 saturated carbocycles. The summed E-state index contributed by atoms with van der Waals surface area (Å²) >= 11 is 1.64. The molecule has 2 heterocycles. The molecule has 1 aliphatic carbocycles. The number of carbonyl (C=O) groups is 1. The number of benzene rings is 1. The SMILES string of the molecule is Cc1cc(NCC2CCCC2)c2[nH]c(C3=NC(CC(=O)O)CS3)cc2c1. The molecule has 2 aromatic rings. The van der Waals surface area contributed by atoms with Gasteiger partial charge in [0, 0.05) is 17.7 Å². The highest BCUT2D eigenvalue weighted by molar-refractivity contribution is 8.14. The number of nitrogens with one attached hydrogen (secondary N) is 2. The van der Waals surface area contributed by atoms with Crippen molar-refractivity contribution in [2.24, 2.45) is 10.9 Å². The van der Waals surface area contributed by atoms with Crippen LogP contribution in [0.2, 0.25) is 0 Å². The summed E-state index contributed by atoms with van der Waals surface area (Å²) in [6.07, 6.45) is 5.48. The molecule has 6 heteroatoms. The Bertz CT molecular complexity index is 852. The Morgan fingerprint density at radius 2 is 2.15 bits per heavy atom. The third kappa shape index (κ3) is 3.75. The molecule has 1 fully saturated rings. The number of anilines is 1. The maximum atomic E-state index is 10.9. The van der Waals surface area contributed by atoms with Crippen molar-refractivity contribution in [1.29, 1.82) is 0 Å². The molecule has 26 heavy (non-hydrogen) atoms. The second-order valence-electron chi connectivity index (χ2n) is 7.49. The van der Waals surface area contributed by atoms with Crippen molar-refractivity contribution < 1.29 is 9.90 Å². The van der Waals surface area contributed by atoms with Crippen molar-refractivity contribution in [2.75, 3.05) is 17.6 Å². The smallest absolute Gasteiger partial charge is 0.305 e. The maximum absolute atomic E-state index is 10.9. The summed E-state index contributed by atoms with van der Waals surface area (Å²) in [5, 5.41) is 14.7. The molecule has 1 unspecified atom stereocenters. The number of nitrogens with zero attached hydrogens (tertiary/aromatic N) is 1. The fourth-order valence-corrected chi connectivity index (χ4v) is 5.02. The van der Waals surface area contributed by atoms with E-state index in [0.29, 0.717) is 0 Å². The fourth-order valence-electron chi connectivity index (χ4n) is 3.99. The molecule has 0 radical (unpaired) electrons. The first-order valence-electron chi connectivity index (χ1n) is 9.38. The minimum absolute atomic E-state index is 0.101. The lowest BCUT2D eigenvalue weighted by molar-refractivity contribution is -0.137. The average Bonchev–Trinajstić information content (AvgIpc) is 3.31. The summed E-state index contributed by atoms with van der Waals surface area (Å²) in [6.45, 7) is 3.15. The number of carboxylic acid groups (broad SMARTS) is 1. The minimum atomic E-state index is -0.786. The summed E-state index contributed by atoms with van der Waals surface area (Å²) in [6, 6.07) is 6.40. The number of aromatic nitrogens is 1. The predicted octanol–water partition coefficient (Wildman–Crippen LogP) is 4.42. The topological polar surface area (TPSA) is 77.5 Å². The Labute approximate surface area is 157 Å². The number of thioether (sulfide) groups is 1. The first-order valence-corrected chi connectivity index (χ1v) is 10.4. The zero-order valence-electron chi connectivity index (χ0n) is 15.0. The van der Waals surface area contributed by atoms with E-state index in [-0.39, 0.29) is 12.5 Å². The fraction of sp³-hybridized carbons (Fsp3) is 0.500. The summed E-state index contributed by atoms with van der Waals surface area (Å²) in [5.41, 5.74) is 4.51. The molecule has 4 rings (SSSR count). The number of aromatic amines is 1. The Morgan fingerprint density at radius 3 is 2.92 bits per heavy atom. The van der Waals surface area contributed by atoms with Crippen molar-refractivity contribution in [1.82, 2.24) is 4.98 Å². The van der Waals surface area contributed by atoms with E-state index in [4.69, 9.17) is 5.11 Å². The van der Waals surface area contributed by atoms with E-state index in [1.165, 1.54) is 36.6 Å². The molecule has 3 N–H and O–H groups in total. The number of H-pyrrole nitrogens is 1. The minimum Gasteiger partial charge on any atom is -0.481 e. The van der Waals surface area contributed by atoms with Crippen LogP contribution < -0.4 is 5.32 Å². The third-order valence-corrected chi connectivity index (χ3v) is 6.43. The standard InChI is InChI=1S/C20H25N3O2S/c1-12-6-14-8-17(20-22-15(11-26-20)9-18(24)25)23-19(14)16(7-12)21-10-13-4-2-3-5-13/h6-8,13,15,21,23H,2-5,9-11H2,1H3,(H,24,25). The van der Waals surface area contributed by atoms with Gasteiger partial charge in [-0.1, -0.05) is 12.8 Å². The van der Waals surface area contributed by atoms with E-state index in [2.05, 4.69) is 40.4 Å². The molecule has 0 spiro atoms. The Hall–Kier alpha value is -1.95. The largest absolute Gasteiger partial charge is 0.481 e. The van der Waals surface area contributed by atoms with Gasteiger partial charge in [0.1, 0.15) is 5.04 Å². The van der Waals surface area contributed by atoms with E-state index < -0.39 is 5.97 Å². The van der Waals surface area contributed by atoms with Gasteiger partial charge in [0.05, 0.1) is 29.4 Å². The zero-order valence-corrected chi connectivity index (χ0v) is 15.9. The van der Waals surface area contributed by atoms with Crippen LogP contribution in [0.5, 0.6) is 0 Å². The van der Waals surface area contributed by atoms with Gasteiger partial charge in [-0.05, 0) is 49.4 Å². The summed E-state index contributed by atoms with van der Waals surface area (Å²) in [7, 11) is 0. The van der Waals surface area contributed by atoms with Gasteiger partial charge in [0.2, 0.25) is 0 Å². The lowest BCUT2D eigenvalue weighted by Gasteiger charge is -2.13. The molecule has 138 valence electrons. The van der Waals surface area contributed by atoms with Gasteiger partial charge in [-0.2, -0.15) is 0 Å². The number of rotatable bonds is 6. The number of aliphatic carboxylic acids is 1. The van der Waals surface area contributed by atoms with E-state index in [0.717, 1.165) is 40.2 Å². The van der Waals surface area contributed by atoms with Crippen LogP contribution in [-0.4, -0.2) is 39.4 Å². The second-order valence-corrected chi connectivity index (χ2v) is 8.50. The van der Waals surface area contributed by atoms with Gasteiger partial charge in [-0.15, -0.1) is 11.8 Å². The van der Waals surface area contributed by atoms with E-state index >= 15 is 0 Å². The normalized spacial score (nSPS) is 20.7. The Morgan fingerprint density at radius 1 is 1.35 bits per heavy atom. The highest BCUT2D eigenvalue weighted by Crippen LogP contribution is 2.31. The van der Waals surface area contributed by atoms with Gasteiger partial charge >= 0.3 is 5.97 Å². The maximum Gasteiger partial charge on any atom is 0.305 e. The lowest BCUT2D eigenvalue weighted by atomic mass is 10.1. The van der Waals surface area contributed by atoms with Gasteiger partial charge in [-0.25, -0.2) is 0 Å². The summed E-state index contributed by atoms with van der Waals surface area (Å²) in [5.74, 6) is 0.737. The Balaban J connectivity index is 1.58. The molecule has 2 aliphatic rings. The van der Waals surface area contributed by atoms with E-state index in [9.17, 15) is 4.79 Å². The first-order chi connectivity index (χ1) is 12.6. The van der Waals surface area contributed by atoms with Crippen molar-refractivity contribution in [3.63, 3.8) is 0 Å². The van der Waals surface area contributed by atoms with Gasteiger partial charge in [-0.3, -0.25) is 9.79 Å². The molecule has 0 amide bonds. The molecule has 1 atom stereocenters. The van der Waals surface area contributed by atoms with Crippen molar-refractivity contribution in [3.8, 4) is 0 Å². The van der Waals surface area contributed by atoms with E-state index in [1.807, 2.05) is 0 Å². The quantitative estimate of drug-likeness (QED) is 0.703.